The summed E-state index contributed by atoms with van der Waals surface area (Å²) >= 11 is 0. The van der Waals surface area contributed by atoms with Crippen LogP contribution < -0.4 is 14.4 Å². The van der Waals surface area contributed by atoms with Crippen LogP contribution in [0.25, 0.3) is 0 Å². The molecule has 1 saturated heterocycles. The molecule has 0 unspecified atom stereocenters. The van der Waals surface area contributed by atoms with Crippen molar-refractivity contribution < 1.29 is 27.8 Å². The molecule has 37 heavy (non-hydrogen) atoms. The van der Waals surface area contributed by atoms with E-state index in [9.17, 15) is 18.3 Å². The molecular weight excluding hydrogens is 483 g/mol. The maximum atomic E-state index is 12.4. The maximum Gasteiger partial charge on any atom is 0.573 e. The topological polar surface area (TPSA) is 67.7 Å². The Bertz CT molecular complexity index is 1300. The van der Waals surface area contributed by atoms with Crippen LogP contribution in [0.1, 0.15) is 35.4 Å². The summed E-state index contributed by atoms with van der Waals surface area (Å²) < 4.78 is 46.4. The Morgan fingerprint density at radius 2 is 1.70 bits per heavy atom. The molecule has 0 saturated carbocycles. The zero-order chi connectivity index (χ0) is 25.9. The van der Waals surface area contributed by atoms with Gasteiger partial charge in [0.25, 0.3) is 0 Å². The number of aliphatic hydroxyl groups is 1. The van der Waals surface area contributed by atoms with Gasteiger partial charge in [-0.25, -0.2) is 9.97 Å². The molecule has 9 heteroatoms. The van der Waals surface area contributed by atoms with E-state index in [-0.39, 0.29) is 24.7 Å². The van der Waals surface area contributed by atoms with Crippen LogP contribution >= 0.6 is 0 Å². The van der Waals surface area contributed by atoms with Crippen molar-refractivity contribution >= 4 is 5.82 Å². The summed E-state index contributed by atoms with van der Waals surface area (Å²) in [4.78, 5) is 11.2. The summed E-state index contributed by atoms with van der Waals surface area (Å²) in [6.07, 6.45) is 1.14. The van der Waals surface area contributed by atoms with Crippen molar-refractivity contribution in [2.75, 3.05) is 24.6 Å². The van der Waals surface area contributed by atoms with Crippen molar-refractivity contribution in [3.05, 3.63) is 77.2 Å². The van der Waals surface area contributed by atoms with E-state index in [0.29, 0.717) is 22.6 Å². The first-order chi connectivity index (χ1) is 17.8. The fourth-order valence-corrected chi connectivity index (χ4v) is 5.18. The summed E-state index contributed by atoms with van der Waals surface area (Å²) in [6.45, 7) is 1.38. The Labute approximate surface area is 213 Å². The first-order valence-electron chi connectivity index (χ1n) is 12.1. The predicted molar refractivity (Wildman–Crippen MR) is 131 cm³/mol. The molecule has 1 N–H and O–H groups in total. The highest BCUT2D eigenvalue weighted by molar-refractivity contribution is 5.46. The number of hydrogen-bond donors (Lipinski definition) is 1. The number of nitrogens with zero attached hydrogens (tertiary/aromatic N) is 3. The normalized spacial score (nSPS) is 16.2. The number of piperidine rings is 1. The molecular formula is C28H26F3N3O3. The first kappa shape index (κ1) is 24.9. The van der Waals surface area contributed by atoms with Gasteiger partial charge in [-0.15, -0.1) is 13.2 Å². The highest BCUT2D eigenvalue weighted by atomic mass is 19.4. The maximum absolute atomic E-state index is 12.4. The SMILES string of the molecule is OCc1nc(C#CCOc2cccc(OC(F)(F)F)c2)cnc1N1CCC2(CC1)Cc1ccccc1C2. The fraction of sp³-hybridized carbons (Fsp3) is 0.357. The van der Waals surface area contributed by atoms with Gasteiger partial charge in [0, 0.05) is 19.2 Å². The standard InChI is InChI=1S/C28H26F3N3O3/c29-28(30,31)37-24-9-3-8-23(15-24)36-14-4-7-22-18-32-26(25(19-35)33-22)34-12-10-27(11-13-34)16-20-5-1-2-6-21(20)17-27/h1-3,5-6,8-9,15,18,35H,10-14,16-17,19H2. The number of aliphatic hydroxyl groups excluding tert-OH is 1. The number of halogens is 3. The van der Waals surface area contributed by atoms with Gasteiger partial charge >= 0.3 is 6.36 Å². The van der Waals surface area contributed by atoms with Gasteiger partial charge in [-0.1, -0.05) is 36.3 Å². The van der Waals surface area contributed by atoms with Crippen molar-refractivity contribution in [1.29, 1.82) is 0 Å². The van der Waals surface area contributed by atoms with Crippen LogP contribution in [0, 0.1) is 17.3 Å². The average Bonchev–Trinajstić information content (AvgIpc) is 3.24. The molecule has 192 valence electrons. The number of benzene rings is 2. The number of fused-ring (bicyclic) bond motifs is 1. The second kappa shape index (κ2) is 10.3. The molecule has 1 fully saturated rings. The van der Waals surface area contributed by atoms with E-state index >= 15 is 0 Å². The van der Waals surface area contributed by atoms with E-state index in [1.165, 1.54) is 29.3 Å². The molecule has 2 aromatic carbocycles. The summed E-state index contributed by atoms with van der Waals surface area (Å²) in [7, 11) is 0. The molecule has 1 aliphatic carbocycles. The van der Waals surface area contributed by atoms with Crippen molar-refractivity contribution in [2.45, 2.75) is 38.7 Å². The molecule has 2 heterocycles. The molecule has 5 rings (SSSR count). The second-order valence-corrected chi connectivity index (χ2v) is 9.41. The minimum atomic E-state index is -4.77. The van der Waals surface area contributed by atoms with Gasteiger partial charge in [0.15, 0.2) is 5.82 Å². The van der Waals surface area contributed by atoms with Crippen molar-refractivity contribution in [3.63, 3.8) is 0 Å². The van der Waals surface area contributed by atoms with Gasteiger partial charge in [0.2, 0.25) is 0 Å². The molecule has 2 aliphatic rings. The van der Waals surface area contributed by atoms with Crippen molar-refractivity contribution in [3.8, 4) is 23.3 Å². The third-order valence-electron chi connectivity index (χ3n) is 6.91. The number of anilines is 1. The second-order valence-electron chi connectivity index (χ2n) is 9.41. The Morgan fingerprint density at radius 1 is 1.00 bits per heavy atom. The Morgan fingerprint density at radius 3 is 2.38 bits per heavy atom. The first-order valence-corrected chi connectivity index (χ1v) is 12.1. The van der Waals surface area contributed by atoms with E-state index in [2.05, 4.69) is 55.7 Å². The lowest BCUT2D eigenvalue weighted by Crippen LogP contribution is -2.41. The Hall–Kier alpha value is -3.77. The van der Waals surface area contributed by atoms with E-state index < -0.39 is 6.36 Å². The molecule has 0 amide bonds. The van der Waals surface area contributed by atoms with Crippen molar-refractivity contribution in [2.24, 2.45) is 5.41 Å². The fourth-order valence-electron chi connectivity index (χ4n) is 5.18. The van der Waals surface area contributed by atoms with Crippen LogP contribution in [-0.4, -0.2) is 41.1 Å². The molecule has 1 aromatic heterocycles. The lowest BCUT2D eigenvalue weighted by atomic mass is 9.76. The van der Waals surface area contributed by atoms with Crippen molar-refractivity contribution in [1.82, 2.24) is 9.97 Å². The average molecular weight is 510 g/mol. The van der Waals surface area contributed by atoms with Crippen LogP contribution in [0.2, 0.25) is 0 Å². The van der Waals surface area contributed by atoms with E-state index in [4.69, 9.17) is 4.74 Å². The highest BCUT2D eigenvalue weighted by Crippen LogP contribution is 2.45. The van der Waals surface area contributed by atoms with Gasteiger partial charge in [0.05, 0.1) is 12.8 Å². The zero-order valence-electron chi connectivity index (χ0n) is 20.1. The number of ether oxygens (including phenoxy) is 2. The summed E-state index contributed by atoms with van der Waals surface area (Å²) in [5.41, 5.74) is 4.07. The third kappa shape index (κ3) is 5.97. The summed E-state index contributed by atoms with van der Waals surface area (Å²) in [5.74, 6) is 6.12. The molecule has 1 spiro atoms. The Kier molecular flexibility index (Phi) is 6.94. The number of hydrogen-bond acceptors (Lipinski definition) is 6. The van der Waals surface area contributed by atoms with Gasteiger partial charge in [-0.2, -0.15) is 0 Å². The molecule has 3 aromatic rings. The Balaban J connectivity index is 1.18. The van der Waals surface area contributed by atoms with E-state index in [1.807, 2.05) is 0 Å². The van der Waals surface area contributed by atoms with Crippen LogP contribution in [0.4, 0.5) is 19.0 Å². The van der Waals surface area contributed by atoms with E-state index in [1.54, 1.807) is 6.20 Å². The van der Waals surface area contributed by atoms with Gasteiger partial charge < -0.3 is 19.5 Å². The third-order valence-corrected chi connectivity index (χ3v) is 6.91. The monoisotopic (exact) mass is 509 g/mol. The van der Waals surface area contributed by atoms with Crippen LogP contribution in [0.3, 0.4) is 0 Å². The lowest BCUT2D eigenvalue weighted by molar-refractivity contribution is -0.274. The minimum Gasteiger partial charge on any atom is -0.481 e. The summed E-state index contributed by atoms with van der Waals surface area (Å²) in [5, 5.41) is 9.93. The molecule has 0 bridgehead atoms. The van der Waals surface area contributed by atoms with E-state index in [0.717, 1.165) is 44.8 Å². The van der Waals surface area contributed by atoms with Gasteiger partial charge in [-0.05, 0) is 60.3 Å². The molecule has 0 atom stereocenters. The molecule has 1 aliphatic heterocycles. The van der Waals surface area contributed by atoms with Crippen LogP contribution in [0.5, 0.6) is 11.5 Å². The predicted octanol–water partition coefficient (Wildman–Crippen LogP) is 4.68. The number of alkyl halides is 3. The highest BCUT2D eigenvalue weighted by Gasteiger charge is 2.40. The summed E-state index contributed by atoms with van der Waals surface area (Å²) in [6, 6.07) is 13.9. The minimum absolute atomic E-state index is 0.0655. The van der Waals surface area contributed by atoms with Crippen LogP contribution in [-0.2, 0) is 19.4 Å². The zero-order valence-corrected chi connectivity index (χ0v) is 20.1. The lowest BCUT2D eigenvalue weighted by Gasteiger charge is -2.40. The van der Waals surface area contributed by atoms with Crippen LogP contribution in [0.15, 0.2) is 54.7 Å². The molecule has 0 radical (unpaired) electrons. The number of aromatic nitrogens is 2. The largest absolute Gasteiger partial charge is 0.573 e. The quantitative estimate of drug-likeness (QED) is 0.504. The van der Waals surface area contributed by atoms with Gasteiger partial charge in [-0.3, -0.25) is 0 Å². The van der Waals surface area contributed by atoms with Gasteiger partial charge in [0.1, 0.15) is 29.5 Å². The molecule has 6 nitrogen and oxygen atoms in total. The smallest absolute Gasteiger partial charge is 0.481 e. The number of rotatable bonds is 5.